The Bertz CT molecular complexity index is 340. The fourth-order valence-corrected chi connectivity index (χ4v) is 3.26. The van der Waals surface area contributed by atoms with E-state index in [9.17, 15) is 14.7 Å². The molecule has 0 radical (unpaired) electrons. The van der Waals surface area contributed by atoms with Crippen LogP contribution in [0.5, 0.6) is 0 Å². The molecule has 96 valence electrons. The van der Waals surface area contributed by atoms with Gasteiger partial charge in [0.15, 0.2) is 0 Å². The highest BCUT2D eigenvalue weighted by atomic mass is 16.4. The van der Waals surface area contributed by atoms with Gasteiger partial charge in [0.1, 0.15) is 0 Å². The second-order valence-corrected chi connectivity index (χ2v) is 5.88. The Morgan fingerprint density at radius 1 is 1.24 bits per heavy atom. The van der Waals surface area contributed by atoms with Crippen LogP contribution >= 0.6 is 0 Å². The maximum Gasteiger partial charge on any atom is 0.319 e. The molecule has 1 aliphatic carbocycles. The number of likely N-dealkylation sites (tertiary alicyclic amines) is 1. The average Bonchev–Trinajstić information content (AvgIpc) is 2.71. The van der Waals surface area contributed by atoms with Crippen LogP contribution in [0.25, 0.3) is 0 Å². The van der Waals surface area contributed by atoms with E-state index in [2.05, 4.69) is 0 Å². The molecule has 0 bridgehead atoms. The predicted octanol–water partition coefficient (Wildman–Crippen LogP) is 1.10. The topological polar surface area (TPSA) is 60.9 Å². The third-order valence-corrected chi connectivity index (χ3v) is 4.17. The number of hydrogen-bond acceptors (Lipinski definition) is 2. The number of carbonyl (C=O) groups excluding carboxylic acids is 1. The van der Waals surface area contributed by atoms with Crippen molar-refractivity contribution in [1.29, 1.82) is 0 Å². The zero-order chi connectivity index (χ0) is 12.8. The lowest BCUT2D eigenvalue weighted by Gasteiger charge is -2.25. The zero-order valence-electron chi connectivity index (χ0n) is 10.6. The van der Waals surface area contributed by atoms with Gasteiger partial charge in [0.05, 0.1) is 5.41 Å². The molecule has 1 aliphatic heterocycles. The number of aliphatic carboxylic acids is 1. The number of carboxylic acids is 1. The summed E-state index contributed by atoms with van der Waals surface area (Å²) in [5, 5.41) is 9.20. The molecule has 2 aliphatic rings. The van der Waals surface area contributed by atoms with E-state index in [-0.39, 0.29) is 6.03 Å². The van der Waals surface area contributed by atoms with Gasteiger partial charge in [0.2, 0.25) is 0 Å². The lowest BCUT2D eigenvalue weighted by Crippen LogP contribution is -2.39. The number of urea groups is 1. The third-order valence-electron chi connectivity index (χ3n) is 4.17. The van der Waals surface area contributed by atoms with Crippen molar-refractivity contribution in [3.8, 4) is 0 Å². The van der Waals surface area contributed by atoms with Crippen LogP contribution in [0, 0.1) is 17.3 Å². The molecule has 0 aromatic heterocycles. The summed E-state index contributed by atoms with van der Waals surface area (Å²) < 4.78 is 0. The van der Waals surface area contributed by atoms with Gasteiger partial charge in [-0.05, 0) is 31.6 Å². The van der Waals surface area contributed by atoms with E-state index in [0.29, 0.717) is 37.8 Å². The number of fused-ring (bicyclic) bond motifs is 1. The monoisotopic (exact) mass is 240 g/mol. The molecule has 0 unspecified atom stereocenters. The summed E-state index contributed by atoms with van der Waals surface area (Å²) in [5.41, 5.74) is -0.581. The van der Waals surface area contributed by atoms with Crippen LogP contribution in [-0.4, -0.2) is 54.1 Å². The molecule has 0 aromatic carbocycles. The first-order valence-corrected chi connectivity index (χ1v) is 6.03. The Morgan fingerprint density at radius 3 is 2.06 bits per heavy atom. The third kappa shape index (κ3) is 1.98. The Labute approximate surface area is 101 Å². The summed E-state index contributed by atoms with van der Waals surface area (Å²) in [6.45, 7) is 3.25. The van der Waals surface area contributed by atoms with E-state index in [4.69, 9.17) is 0 Å². The molecule has 1 saturated heterocycles. The second kappa shape index (κ2) is 3.89. The SMILES string of the molecule is CN(C)C(=O)N1C[C@@H]2C[C@](C)(C(=O)O)C[C@@H]2C1. The van der Waals surface area contributed by atoms with E-state index < -0.39 is 11.4 Å². The van der Waals surface area contributed by atoms with Crippen LogP contribution in [0.4, 0.5) is 4.79 Å². The fourth-order valence-electron chi connectivity index (χ4n) is 3.26. The quantitative estimate of drug-likeness (QED) is 0.746. The zero-order valence-corrected chi connectivity index (χ0v) is 10.6. The van der Waals surface area contributed by atoms with Gasteiger partial charge in [0.25, 0.3) is 0 Å². The number of rotatable bonds is 1. The maximum atomic E-state index is 11.8. The van der Waals surface area contributed by atoms with Crippen molar-refractivity contribution in [3.05, 3.63) is 0 Å². The minimum absolute atomic E-state index is 0.0384. The van der Waals surface area contributed by atoms with Gasteiger partial charge in [0, 0.05) is 27.2 Å². The molecule has 2 rings (SSSR count). The molecule has 5 nitrogen and oxygen atoms in total. The van der Waals surface area contributed by atoms with E-state index in [1.165, 1.54) is 0 Å². The fraction of sp³-hybridized carbons (Fsp3) is 0.833. The van der Waals surface area contributed by atoms with Gasteiger partial charge < -0.3 is 14.9 Å². The van der Waals surface area contributed by atoms with Gasteiger partial charge in [-0.25, -0.2) is 4.79 Å². The molecule has 17 heavy (non-hydrogen) atoms. The lowest BCUT2D eigenvalue weighted by atomic mass is 9.87. The minimum atomic E-state index is -0.697. The number of nitrogens with zero attached hydrogens (tertiary/aromatic N) is 2. The molecule has 2 fully saturated rings. The molecule has 1 heterocycles. The van der Waals surface area contributed by atoms with E-state index in [1.807, 2.05) is 11.8 Å². The van der Waals surface area contributed by atoms with E-state index in [1.54, 1.807) is 19.0 Å². The first-order valence-electron chi connectivity index (χ1n) is 6.03. The van der Waals surface area contributed by atoms with Gasteiger partial charge >= 0.3 is 12.0 Å². The summed E-state index contributed by atoms with van der Waals surface area (Å²) in [4.78, 5) is 26.4. The molecule has 3 atom stereocenters. The minimum Gasteiger partial charge on any atom is -0.481 e. The smallest absolute Gasteiger partial charge is 0.319 e. The summed E-state index contributed by atoms with van der Waals surface area (Å²) in [6.07, 6.45) is 1.40. The molecular formula is C12H20N2O3. The highest BCUT2D eigenvalue weighted by molar-refractivity contribution is 5.76. The normalized spacial score (nSPS) is 35.8. The van der Waals surface area contributed by atoms with Crippen LogP contribution in [0.2, 0.25) is 0 Å². The average molecular weight is 240 g/mol. The molecule has 1 saturated carbocycles. The van der Waals surface area contributed by atoms with Gasteiger partial charge in [-0.15, -0.1) is 0 Å². The standard InChI is InChI=1S/C12H20N2O3/c1-12(10(15)16)4-8-6-14(7-9(8)5-12)11(17)13(2)3/h8-9H,4-7H2,1-3H3,(H,15,16)/t8-,9+,12-. The summed E-state index contributed by atoms with van der Waals surface area (Å²) >= 11 is 0. The largest absolute Gasteiger partial charge is 0.481 e. The van der Waals surface area contributed by atoms with Gasteiger partial charge in [-0.1, -0.05) is 0 Å². The lowest BCUT2D eigenvalue weighted by molar-refractivity contribution is -0.147. The Kier molecular flexibility index (Phi) is 2.79. The molecule has 0 aromatic rings. The van der Waals surface area contributed by atoms with Crippen LogP contribution in [-0.2, 0) is 4.79 Å². The first kappa shape index (κ1) is 12.2. The summed E-state index contributed by atoms with van der Waals surface area (Å²) in [5.74, 6) is 0.0254. The van der Waals surface area contributed by atoms with Crippen molar-refractivity contribution in [2.24, 2.45) is 17.3 Å². The van der Waals surface area contributed by atoms with Crippen LogP contribution in [0.1, 0.15) is 19.8 Å². The van der Waals surface area contributed by atoms with Gasteiger partial charge in [-0.3, -0.25) is 4.79 Å². The van der Waals surface area contributed by atoms with Gasteiger partial charge in [-0.2, -0.15) is 0 Å². The van der Waals surface area contributed by atoms with E-state index >= 15 is 0 Å². The Morgan fingerprint density at radius 2 is 1.71 bits per heavy atom. The highest BCUT2D eigenvalue weighted by Crippen LogP contribution is 2.49. The van der Waals surface area contributed by atoms with Crippen molar-refractivity contribution >= 4 is 12.0 Å². The first-order chi connectivity index (χ1) is 7.83. The number of carboxylic acid groups (broad SMARTS) is 1. The van der Waals surface area contributed by atoms with Crippen molar-refractivity contribution in [2.75, 3.05) is 27.2 Å². The van der Waals surface area contributed by atoms with Crippen LogP contribution in [0.15, 0.2) is 0 Å². The van der Waals surface area contributed by atoms with E-state index in [0.717, 1.165) is 0 Å². The Balaban J connectivity index is 2.01. The van der Waals surface area contributed by atoms with Crippen molar-refractivity contribution in [3.63, 3.8) is 0 Å². The van der Waals surface area contributed by atoms with Crippen molar-refractivity contribution in [1.82, 2.24) is 9.80 Å². The maximum absolute atomic E-state index is 11.8. The highest BCUT2D eigenvalue weighted by Gasteiger charge is 2.51. The molecular weight excluding hydrogens is 220 g/mol. The van der Waals surface area contributed by atoms with Crippen LogP contribution < -0.4 is 0 Å². The second-order valence-electron chi connectivity index (χ2n) is 5.88. The summed E-state index contributed by atoms with van der Waals surface area (Å²) in [7, 11) is 3.50. The molecule has 2 amide bonds. The predicted molar refractivity (Wildman–Crippen MR) is 62.6 cm³/mol. The number of hydrogen-bond donors (Lipinski definition) is 1. The Hall–Kier alpha value is -1.26. The molecule has 0 spiro atoms. The van der Waals surface area contributed by atoms with Crippen molar-refractivity contribution < 1.29 is 14.7 Å². The summed E-state index contributed by atoms with van der Waals surface area (Å²) in [6, 6.07) is 0.0384. The molecule has 1 N–H and O–H groups in total. The number of amides is 2. The molecule has 5 heteroatoms. The van der Waals surface area contributed by atoms with Crippen LogP contribution in [0.3, 0.4) is 0 Å². The van der Waals surface area contributed by atoms with Crippen molar-refractivity contribution in [2.45, 2.75) is 19.8 Å². The number of carbonyl (C=O) groups is 2.